The number of aromatic nitrogens is 1. The maximum Gasteiger partial charge on any atom is 0.263 e. The number of carbonyl (C=O) groups excluding carboxylic acids is 1. The summed E-state index contributed by atoms with van der Waals surface area (Å²) in [6, 6.07) is 7.71. The molecule has 1 aromatic heterocycles. The second-order valence-electron chi connectivity index (χ2n) is 4.16. The molecule has 2 heterocycles. The van der Waals surface area contributed by atoms with Gasteiger partial charge >= 0.3 is 0 Å². The van der Waals surface area contributed by atoms with Crippen molar-refractivity contribution in [2.75, 3.05) is 7.11 Å². The Kier molecular flexibility index (Phi) is 4.05. The number of amides is 1. The minimum Gasteiger partial charge on any atom is -0.497 e. The van der Waals surface area contributed by atoms with Gasteiger partial charge in [-0.3, -0.25) is 4.79 Å². The van der Waals surface area contributed by atoms with E-state index < -0.39 is 0 Å². The number of thioether (sulfide) groups is 1. The van der Waals surface area contributed by atoms with Crippen molar-refractivity contribution in [3.8, 4) is 16.3 Å². The number of nitrogens with one attached hydrogen (secondary N) is 1. The minimum atomic E-state index is -0.163. The monoisotopic (exact) mass is 334 g/mol. The van der Waals surface area contributed by atoms with Crippen LogP contribution in [0, 0.1) is 0 Å². The van der Waals surface area contributed by atoms with E-state index in [1.165, 1.54) is 23.1 Å². The van der Waals surface area contributed by atoms with E-state index in [1.54, 1.807) is 13.2 Å². The second kappa shape index (κ2) is 5.97. The number of ether oxygens (including phenoxy) is 1. The van der Waals surface area contributed by atoms with Gasteiger partial charge in [0.25, 0.3) is 5.91 Å². The lowest BCUT2D eigenvalue weighted by molar-refractivity contribution is -0.115. The molecule has 0 unspecified atom stereocenters. The van der Waals surface area contributed by atoms with Gasteiger partial charge in [-0.25, -0.2) is 4.98 Å². The predicted molar refractivity (Wildman–Crippen MR) is 90.4 cm³/mol. The van der Waals surface area contributed by atoms with Crippen LogP contribution in [-0.2, 0) is 4.79 Å². The summed E-state index contributed by atoms with van der Waals surface area (Å²) in [6.45, 7) is 0. The summed E-state index contributed by atoms with van der Waals surface area (Å²) in [7, 11) is 1.64. The van der Waals surface area contributed by atoms with Crippen LogP contribution in [0.5, 0.6) is 5.75 Å². The highest BCUT2D eigenvalue weighted by Gasteiger charge is 2.22. The van der Waals surface area contributed by atoms with Gasteiger partial charge in [0, 0.05) is 10.9 Å². The molecule has 1 aliphatic rings. The third-order valence-electron chi connectivity index (χ3n) is 2.78. The molecular formula is C14H10N2O2S3. The van der Waals surface area contributed by atoms with Gasteiger partial charge in [-0.05, 0) is 30.3 Å². The number of carbonyl (C=O) groups is 1. The van der Waals surface area contributed by atoms with Crippen molar-refractivity contribution in [2.45, 2.75) is 0 Å². The summed E-state index contributed by atoms with van der Waals surface area (Å²) < 4.78 is 5.62. The standard InChI is InChI=1S/C14H10N2O2S3/c1-18-10-4-2-8(3-5-10)13-15-9(7-20-13)6-11-12(17)16-14(19)21-11/h2-7H,1H3,(H,16,17,19)/b11-6-. The first-order valence-electron chi connectivity index (χ1n) is 6.00. The van der Waals surface area contributed by atoms with Crippen LogP contribution in [0.1, 0.15) is 5.69 Å². The Morgan fingerprint density at radius 3 is 2.71 bits per heavy atom. The van der Waals surface area contributed by atoms with Crippen molar-refractivity contribution in [2.24, 2.45) is 0 Å². The zero-order valence-electron chi connectivity index (χ0n) is 11.0. The Morgan fingerprint density at radius 2 is 2.10 bits per heavy atom. The molecule has 1 N–H and O–H groups in total. The van der Waals surface area contributed by atoms with E-state index in [0.717, 1.165) is 22.0 Å². The van der Waals surface area contributed by atoms with Crippen LogP contribution in [0.2, 0.25) is 0 Å². The van der Waals surface area contributed by atoms with Crippen molar-refractivity contribution in [1.82, 2.24) is 10.3 Å². The summed E-state index contributed by atoms with van der Waals surface area (Å²) in [5.74, 6) is 0.647. The third-order valence-corrected chi connectivity index (χ3v) is 4.85. The lowest BCUT2D eigenvalue weighted by Gasteiger charge is -2.00. The van der Waals surface area contributed by atoms with E-state index in [2.05, 4.69) is 10.3 Å². The Hall–Kier alpha value is -1.70. The van der Waals surface area contributed by atoms with Crippen LogP contribution in [0.4, 0.5) is 0 Å². The van der Waals surface area contributed by atoms with Crippen molar-refractivity contribution in [3.63, 3.8) is 0 Å². The Morgan fingerprint density at radius 1 is 1.33 bits per heavy atom. The number of nitrogens with zero attached hydrogens (tertiary/aromatic N) is 1. The predicted octanol–water partition coefficient (Wildman–Crippen LogP) is 3.31. The largest absolute Gasteiger partial charge is 0.497 e. The van der Waals surface area contributed by atoms with Crippen LogP contribution in [0.25, 0.3) is 16.6 Å². The lowest BCUT2D eigenvalue weighted by Crippen LogP contribution is -2.17. The molecule has 1 fully saturated rings. The van der Waals surface area contributed by atoms with E-state index >= 15 is 0 Å². The number of hydrogen-bond acceptors (Lipinski definition) is 6. The summed E-state index contributed by atoms with van der Waals surface area (Å²) >= 11 is 7.75. The van der Waals surface area contributed by atoms with E-state index in [0.29, 0.717) is 9.23 Å². The van der Waals surface area contributed by atoms with E-state index in [-0.39, 0.29) is 5.91 Å². The first-order valence-corrected chi connectivity index (χ1v) is 8.11. The van der Waals surface area contributed by atoms with Crippen molar-refractivity contribution < 1.29 is 9.53 Å². The number of thiocarbonyl (C=S) groups is 1. The zero-order chi connectivity index (χ0) is 14.8. The molecule has 0 saturated carbocycles. The molecule has 0 radical (unpaired) electrons. The molecule has 0 spiro atoms. The number of hydrogen-bond donors (Lipinski definition) is 1. The quantitative estimate of drug-likeness (QED) is 0.689. The molecule has 2 aromatic rings. The van der Waals surface area contributed by atoms with Gasteiger partial charge < -0.3 is 10.1 Å². The van der Waals surface area contributed by atoms with Gasteiger partial charge in [0.05, 0.1) is 17.7 Å². The molecule has 106 valence electrons. The Labute approximate surface area is 135 Å². The topological polar surface area (TPSA) is 51.2 Å². The van der Waals surface area contributed by atoms with Crippen LogP contribution in [0.3, 0.4) is 0 Å². The zero-order valence-corrected chi connectivity index (χ0v) is 13.4. The molecule has 0 aliphatic carbocycles. The average molecular weight is 334 g/mol. The van der Waals surface area contributed by atoms with Gasteiger partial charge in [0.1, 0.15) is 15.1 Å². The summed E-state index contributed by atoms with van der Waals surface area (Å²) in [5.41, 5.74) is 1.78. The number of rotatable bonds is 3. The molecule has 3 rings (SSSR count). The molecular weight excluding hydrogens is 324 g/mol. The normalized spacial score (nSPS) is 16.3. The maximum atomic E-state index is 11.6. The SMILES string of the molecule is COc1ccc(-c2nc(/C=C3\SC(=S)NC3=O)cs2)cc1. The highest BCUT2D eigenvalue weighted by Crippen LogP contribution is 2.29. The van der Waals surface area contributed by atoms with Gasteiger partial charge in [-0.1, -0.05) is 24.0 Å². The number of benzene rings is 1. The van der Waals surface area contributed by atoms with E-state index in [1.807, 2.05) is 29.6 Å². The number of thiazole rings is 1. The first-order chi connectivity index (χ1) is 10.2. The van der Waals surface area contributed by atoms with Crippen molar-refractivity contribution in [1.29, 1.82) is 0 Å². The lowest BCUT2D eigenvalue weighted by atomic mass is 10.2. The first kappa shape index (κ1) is 14.2. The highest BCUT2D eigenvalue weighted by atomic mass is 32.2. The van der Waals surface area contributed by atoms with Crippen LogP contribution in [-0.4, -0.2) is 22.3 Å². The molecule has 0 atom stereocenters. The Balaban J connectivity index is 1.84. The molecule has 1 aliphatic heterocycles. The molecule has 7 heteroatoms. The molecule has 4 nitrogen and oxygen atoms in total. The molecule has 1 amide bonds. The smallest absolute Gasteiger partial charge is 0.263 e. The van der Waals surface area contributed by atoms with Gasteiger partial charge in [0.2, 0.25) is 0 Å². The van der Waals surface area contributed by atoms with E-state index in [4.69, 9.17) is 17.0 Å². The third kappa shape index (κ3) is 3.15. The van der Waals surface area contributed by atoms with Crippen molar-refractivity contribution in [3.05, 3.63) is 40.2 Å². The molecule has 1 aromatic carbocycles. The fourth-order valence-electron chi connectivity index (χ4n) is 1.77. The molecule has 21 heavy (non-hydrogen) atoms. The Bertz CT molecular complexity index is 735. The second-order valence-corrected chi connectivity index (χ2v) is 6.74. The molecule has 0 bridgehead atoms. The van der Waals surface area contributed by atoms with E-state index in [9.17, 15) is 4.79 Å². The van der Waals surface area contributed by atoms with Crippen LogP contribution < -0.4 is 10.1 Å². The fourth-order valence-corrected chi connectivity index (χ4v) is 3.59. The average Bonchev–Trinajstić information content (AvgIpc) is 3.07. The number of methoxy groups -OCH3 is 1. The summed E-state index contributed by atoms with van der Waals surface area (Å²) in [4.78, 5) is 16.7. The fraction of sp³-hybridized carbons (Fsp3) is 0.0714. The van der Waals surface area contributed by atoms with Gasteiger partial charge in [0.15, 0.2) is 0 Å². The van der Waals surface area contributed by atoms with Crippen LogP contribution >= 0.6 is 35.3 Å². The summed E-state index contributed by atoms with van der Waals surface area (Å²) in [5, 5.41) is 5.40. The van der Waals surface area contributed by atoms with Crippen molar-refractivity contribution >= 4 is 51.6 Å². The molecule has 1 saturated heterocycles. The van der Waals surface area contributed by atoms with Crippen LogP contribution in [0.15, 0.2) is 34.6 Å². The maximum absolute atomic E-state index is 11.6. The summed E-state index contributed by atoms with van der Waals surface area (Å²) in [6.07, 6.45) is 1.75. The van der Waals surface area contributed by atoms with Gasteiger partial charge in [-0.15, -0.1) is 11.3 Å². The highest BCUT2D eigenvalue weighted by molar-refractivity contribution is 8.26. The minimum absolute atomic E-state index is 0.163. The van der Waals surface area contributed by atoms with Gasteiger partial charge in [-0.2, -0.15) is 0 Å².